The van der Waals surface area contributed by atoms with Crippen molar-refractivity contribution in [1.29, 1.82) is 0 Å². The summed E-state index contributed by atoms with van der Waals surface area (Å²) in [6, 6.07) is 5.46. The summed E-state index contributed by atoms with van der Waals surface area (Å²) < 4.78 is 13.5. The van der Waals surface area contributed by atoms with Gasteiger partial charge in [-0.15, -0.1) is 6.58 Å². The van der Waals surface area contributed by atoms with Gasteiger partial charge in [0.2, 0.25) is 0 Å². The zero-order valence-electron chi connectivity index (χ0n) is 8.10. The summed E-state index contributed by atoms with van der Waals surface area (Å²) in [5, 5.41) is 0. The van der Waals surface area contributed by atoms with Crippen LogP contribution in [0, 0.1) is 18.7 Å². The van der Waals surface area contributed by atoms with Gasteiger partial charge in [-0.05, 0) is 24.5 Å². The van der Waals surface area contributed by atoms with E-state index in [1.54, 1.807) is 25.1 Å². The molecule has 0 unspecified atom stereocenters. The van der Waals surface area contributed by atoms with Gasteiger partial charge in [0.15, 0.2) is 0 Å². The van der Waals surface area contributed by atoms with Crippen molar-refractivity contribution in [2.45, 2.75) is 20.3 Å². The van der Waals surface area contributed by atoms with Gasteiger partial charge in [-0.3, -0.25) is 0 Å². The van der Waals surface area contributed by atoms with E-state index in [1.165, 1.54) is 0 Å². The van der Waals surface area contributed by atoms with Crippen LogP contribution in [0.25, 0.3) is 0 Å². The first-order valence-electron chi connectivity index (χ1n) is 4.35. The molecule has 0 spiro atoms. The minimum absolute atomic E-state index is 0.109. The van der Waals surface area contributed by atoms with Crippen LogP contribution >= 0.6 is 0 Å². The normalized spacial score (nSPS) is 10.5. The zero-order valence-corrected chi connectivity index (χ0v) is 8.10. The molecule has 0 nitrogen and oxygen atoms in total. The number of rotatable bonds is 3. The molecule has 1 radical (unpaired) electrons. The highest BCUT2D eigenvalue weighted by atomic mass is 19.1. The molecule has 0 atom stereocenters. The van der Waals surface area contributed by atoms with E-state index in [0.717, 1.165) is 12.3 Å². The lowest BCUT2D eigenvalue weighted by atomic mass is 9.96. The van der Waals surface area contributed by atoms with E-state index < -0.39 is 0 Å². The van der Waals surface area contributed by atoms with Crippen molar-refractivity contribution in [3.63, 3.8) is 0 Å². The molecule has 0 aromatic heterocycles. The van der Waals surface area contributed by atoms with E-state index >= 15 is 0 Å². The second kappa shape index (κ2) is 4.22. The molecule has 0 N–H and O–H groups in total. The van der Waals surface area contributed by atoms with Gasteiger partial charge in [-0.1, -0.05) is 31.2 Å². The van der Waals surface area contributed by atoms with E-state index in [0.29, 0.717) is 11.1 Å². The van der Waals surface area contributed by atoms with Gasteiger partial charge in [0.25, 0.3) is 0 Å². The lowest BCUT2D eigenvalue weighted by Gasteiger charge is -2.10. The number of benzene rings is 1. The Bertz CT molecular complexity index is 302. The number of allylic oxidation sites excluding steroid dienone is 1. The summed E-state index contributed by atoms with van der Waals surface area (Å²) in [6.45, 7) is 7.34. The molecular weight excluding hydrogens is 163 g/mol. The highest BCUT2D eigenvalue weighted by Gasteiger charge is 2.10. The van der Waals surface area contributed by atoms with Crippen LogP contribution < -0.4 is 0 Å². The van der Waals surface area contributed by atoms with Crippen LogP contribution in [0.3, 0.4) is 0 Å². The third kappa shape index (κ3) is 2.18. The molecule has 13 heavy (non-hydrogen) atoms. The maximum atomic E-state index is 13.5. The van der Waals surface area contributed by atoms with Gasteiger partial charge in [-0.2, -0.15) is 0 Å². The van der Waals surface area contributed by atoms with E-state index in [-0.39, 0.29) is 5.82 Å². The van der Waals surface area contributed by atoms with Gasteiger partial charge in [0.05, 0.1) is 0 Å². The highest BCUT2D eigenvalue weighted by Crippen LogP contribution is 2.22. The minimum Gasteiger partial charge on any atom is -0.206 e. The van der Waals surface area contributed by atoms with Gasteiger partial charge >= 0.3 is 0 Å². The molecule has 1 aromatic carbocycles. The summed E-state index contributed by atoms with van der Waals surface area (Å²) in [6.07, 6.45) is 2.53. The van der Waals surface area contributed by atoms with Crippen LogP contribution in [0.2, 0.25) is 0 Å². The van der Waals surface area contributed by atoms with Crippen molar-refractivity contribution in [2.75, 3.05) is 0 Å². The average molecular weight is 177 g/mol. The van der Waals surface area contributed by atoms with Crippen LogP contribution in [-0.2, 0) is 0 Å². The Morgan fingerprint density at radius 2 is 2.23 bits per heavy atom. The molecule has 0 bridgehead atoms. The van der Waals surface area contributed by atoms with Crippen LogP contribution in [-0.4, -0.2) is 0 Å². The van der Waals surface area contributed by atoms with Gasteiger partial charge in [-0.25, -0.2) is 4.39 Å². The summed E-state index contributed by atoms with van der Waals surface area (Å²) in [5.74, 6) is 0.915. The van der Waals surface area contributed by atoms with Crippen LogP contribution in [0.5, 0.6) is 0 Å². The molecule has 1 aromatic rings. The average Bonchev–Trinajstić information content (AvgIpc) is 2.10. The Balaban J connectivity index is 3.00. The first kappa shape index (κ1) is 9.97. The fraction of sp³-hybridized carbons (Fsp3) is 0.250. The van der Waals surface area contributed by atoms with Crippen molar-refractivity contribution in [3.05, 3.63) is 53.7 Å². The Hall–Kier alpha value is -1.11. The second-order valence-electron chi connectivity index (χ2n) is 3.21. The molecule has 0 aliphatic carbocycles. The first-order chi connectivity index (χ1) is 6.16. The summed E-state index contributed by atoms with van der Waals surface area (Å²) >= 11 is 0. The van der Waals surface area contributed by atoms with Crippen LogP contribution in [0.4, 0.5) is 4.39 Å². The molecule has 0 aliphatic rings. The molecule has 0 saturated carbocycles. The Morgan fingerprint density at radius 1 is 1.54 bits per heavy atom. The lowest BCUT2D eigenvalue weighted by molar-refractivity contribution is 0.605. The maximum Gasteiger partial charge on any atom is 0.129 e. The van der Waals surface area contributed by atoms with E-state index in [4.69, 9.17) is 0 Å². The molecule has 0 fully saturated rings. The molecule has 69 valence electrons. The fourth-order valence-electron chi connectivity index (χ4n) is 1.30. The molecule has 0 heterocycles. The predicted octanol–water partition coefficient (Wildman–Crippen LogP) is 3.65. The van der Waals surface area contributed by atoms with Crippen molar-refractivity contribution in [2.24, 2.45) is 0 Å². The van der Waals surface area contributed by atoms with Crippen LogP contribution in [0.1, 0.15) is 24.5 Å². The Morgan fingerprint density at radius 3 is 2.85 bits per heavy atom. The minimum atomic E-state index is -0.109. The van der Waals surface area contributed by atoms with Gasteiger partial charge < -0.3 is 0 Å². The number of halogens is 1. The standard InChI is InChI=1S/C12H14F/c1-4-6-9(2)11-8-5-7-10(3)12(11)13/h4-5,7-8H,1,6H2,2-3H3. The fourth-order valence-corrected chi connectivity index (χ4v) is 1.30. The molecular formula is C12H14F. The quantitative estimate of drug-likeness (QED) is 0.618. The smallest absolute Gasteiger partial charge is 0.129 e. The van der Waals surface area contributed by atoms with E-state index in [2.05, 4.69) is 6.58 Å². The highest BCUT2D eigenvalue weighted by molar-refractivity contribution is 5.35. The van der Waals surface area contributed by atoms with Crippen molar-refractivity contribution in [3.8, 4) is 0 Å². The van der Waals surface area contributed by atoms with E-state index in [1.807, 2.05) is 13.0 Å². The third-order valence-corrected chi connectivity index (χ3v) is 2.10. The molecule has 0 aliphatic heterocycles. The summed E-state index contributed by atoms with van der Waals surface area (Å²) in [7, 11) is 0. The van der Waals surface area contributed by atoms with E-state index in [9.17, 15) is 4.39 Å². The number of hydrogen-bond donors (Lipinski definition) is 0. The van der Waals surface area contributed by atoms with Crippen molar-refractivity contribution >= 4 is 0 Å². The molecule has 1 heteroatoms. The lowest BCUT2D eigenvalue weighted by Crippen LogP contribution is -1.98. The van der Waals surface area contributed by atoms with Crippen molar-refractivity contribution < 1.29 is 4.39 Å². The number of aryl methyl sites for hydroxylation is 1. The SMILES string of the molecule is C=CC[C](C)c1cccc(C)c1F. The molecule has 1 rings (SSSR count). The monoisotopic (exact) mass is 177 g/mol. The summed E-state index contributed by atoms with van der Waals surface area (Å²) in [4.78, 5) is 0. The third-order valence-electron chi connectivity index (χ3n) is 2.10. The predicted molar refractivity (Wildman–Crippen MR) is 54.0 cm³/mol. The summed E-state index contributed by atoms with van der Waals surface area (Å²) in [5.41, 5.74) is 1.40. The Labute approximate surface area is 79.1 Å². The largest absolute Gasteiger partial charge is 0.206 e. The molecule has 0 saturated heterocycles. The zero-order chi connectivity index (χ0) is 9.84. The maximum absolute atomic E-state index is 13.5. The second-order valence-corrected chi connectivity index (χ2v) is 3.21. The topological polar surface area (TPSA) is 0 Å². The first-order valence-corrected chi connectivity index (χ1v) is 4.35. The number of hydrogen-bond acceptors (Lipinski definition) is 0. The van der Waals surface area contributed by atoms with Gasteiger partial charge in [0, 0.05) is 5.92 Å². The van der Waals surface area contributed by atoms with Crippen molar-refractivity contribution in [1.82, 2.24) is 0 Å². The van der Waals surface area contributed by atoms with Gasteiger partial charge in [0.1, 0.15) is 5.82 Å². The van der Waals surface area contributed by atoms with Crippen LogP contribution in [0.15, 0.2) is 30.9 Å². The molecule has 0 amide bonds. The Kier molecular flexibility index (Phi) is 3.24.